The van der Waals surface area contributed by atoms with E-state index < -0.39 is 0 Å². The number of alkyl halides is 1. The topological polar surface area (TPSA) is 41.1 Å². The summed E-state index contributed by atoms with van der Waals surface area (Å²) in [6.45, 7) is 0. The minimum atomic E-state index is 0.183. The molecular weight excluding hydrogens is 292 g/mol. The van der Waals surface area contributed by atoms with Gasteiger partial charge in [0.05, 0.1) is 12.1 Å². The van der Waals surface area contributed by atoms with Crippen molar-refractivity contribution in [2.24, 2.45) is 11.8 Å². The van der Waals surface area contributed by atoms with Crippen LogP contribution in [0.1, 0.15) is 51.4 Å². The molecule has 1 aliphatic heterocycles. The van der Waals surface area contributed by atoms with E-state index in [0.29, 0.717) is 22.7 Å². The molecule has 0 aromatic rings. The molecule has 3 nitrogen and oxygen atoms in total. The van der Waals surface area contributed by atoms with E-state index in [1.165, 1.54) is 38.5 Å². The molecule has 2 aliphatic carbocycles. The smallest absolute Gasteiger partial charge is 0.225 e. The van der Waals surface area contributed by atoms with Gasteiger partial charge < -0.3 is 5.32 Å². The Morgan fingerprint density at radius 3 is 2.61 bits per heavy atom. The van der Waals surface area contributed by atoms with Crippen LogP contribution in [0.2, 0.25) is 0 Å². The number of rotatable bonds is 1. The van der Waals surface area contributed by atoms with E-state index in [4.69, 9.17) is 0 Å². The summed E-state index contributed by atoms with van der Waals surface area (Å²) >= 11 is 3.66. The molecular formula is C14H23BrN2O. The van der Waals surface area contributed by atoms with Crippen LogP contribution in [-0.4, -0.2) is 22.9 Å². The highest BCUT2D eigenvalue weighted by Crippen LogP contribution is 2.34. The second kappa shape index (κ2) is 5.49. The first-order valence-corrected chi connectivity index (χ1v) is 8.36. The molecule has 4 unspecified atom stereocenters. The summed E-state index contributed by atoms with van der Waals surface area (Å²) in [6, 6.07) is 0.416. The third-order valence-corrected chi connectivity index (χ3v) is 5.77. The Balaban J connectivity index is 1.65. The van der Waals surface area contributed by atoms with Crippen molar-refractivity contribution in [3.05, 3.63) is 0 Å². The first-order chi connectivity index (χ1) is 8.74. The Morgan fingerprint density at radius 1 is 1.06 bits per heavy atom. The first kappa shape index (κ1) is 12.9. The molecule has 0 aromatic carbocycles. The number of carbonyl (C=O) groups is 1. The fraction of sp³-hybridized carbons (Fsp3) is 0.929. The fourth-order valence-electron chi connectivity index (χ4n) is 3.86. The van der Waals surface area contributed by atoms with E-state index in [2.05, 4.69) is 26.6 Å². The predicted octanol–water partition coefficient (Wildman–Crippen LogP) is 2.54. The molecule has 1 heterocycles. The molecule has 0 bridgehead atoms. The van der Waals surface area contributed by atoms with E-state index in [-0.39, 0.29) is 12.1 Å². The number of fused-ring (bicyclic) bond motifs is 1. The molecule has 1 amide bonds. The van der Waals surface area contributed by atoms with Gasteiger partial charge in [-0.1, -0.05) is 35.2 Å². The summed E-state index contributed by atoms with van der Waals surface area (Å²) in [5.74, 6) is 1.13. The van der Waals surface area contributed by atoms with Crippen molar-refractivity contribution in [1.82, 2.24) is 10.6 Å². The fourth-order valence-corrected chi connectivity index (χ4v) is 4.53. The van der Waals surface area contributed by atoms with Crippen LogP contribution in [0.25, 0.3) is 0 Å². The van der Waals surface area contributed by atoms with Crippen LogP contribution in [0.15, 0.2) is 0 Å². The van der Waals surface area contributed by atoms with Gasteiger partial charge in [0, 0.05) is 10.9 Å². The van der Waals surface area contributed by atoms with Crippen LogP contribution in [0, 0.1) is 11.8 Å². The largest absolute Gasteiger partial charge is 0.340 e. The maximum Gasteiger partial charge on any atom is 0.225 e. The Bertz CT molecular complexity index is 317. The van der Waals surface area contributed by atoms with Crippen LogP contribution < -0.4 is 10.6 Å². The Kier molecular flexibility index (Phi) is 3.94. The molecule has 4 heteroatoms. The lowest BCUT2D eigenvalue weighted by molar-refractivity contribution is -0.131. The maximum absolute atomic E-state index is 12.3. The van der Waals surface area contributed by atoms with Gasteiger partial charge >= 0.3 is 0 Å². The Hall–Kier alpha value is -0.0900. The summed E-state index contributed by atoms with van der Waals surface area (Å²) in [7, 11) is 0. The van der Waals surface area contributed by atoms with Gasteiger partial charge in [-0.3, -0.25) is 10.1 Å². The third-order valence-electron chi connectivity index (χ3n) is 4.94. The normalized spacial score (nSPS) is 42.2. The highest BCUT2D eigenvalue weighted by Gasteiger charge is 2.41. The second-order valence-electron chi connectivity index (χ2n) is 6.17. The first-order valence-electron chi connectivity index (χ1n) is 7.44. The lowest BCUT2D eigenvalue weighted by Crippen LogP contribution is -2.65. The lowest BCUT2D eigenvalue weighted by Gasteiger charge is -2.44. The molecule has 2 saturated carbocycles. The van der Waals surface area contributed by atoms with Gasteiger partial charge in [-0.05, 0) is 38.0 Å². The number of carbonyl (C=O) groups excluding carboxylic acids is 1. The zero-order valence-electron chi connectivity index (χ0n) is 10.8. The minimum Gasteiger partial charge on any atom is -0.340 e. The van der Waals surface area contributed by atoms with E-state index in [9.17, 15) is 4.79 Å². The van der Waals surface area contributed by atoms with E-state index >= 15 is 0 Å². The van der Waals surface area contributed by atoms with E-state index in [1.54, 1.807) is 0 Å². The maximum atomic E-state index is 12.3. The standard InChI is InChI=1S/C14H23BrN2O/c15-10-6-7-12-11(8-10)14(18)17-13(16-12)9-4-2-1-3-5-9/h9-13,16H,1-8H2,(H,17,18). The van der Waals surface area contributed by atoms with Crippen LogP contribution in [0.4, 0.5) is 0 Å². The summed E-state index contributed by atoms with van der Waals surface area (Å²) < 4.78 is 0. The van der Waals surface area contributed by atoms with Crippen molar-refractivity contribution >= 4 is 21.8 Å². The molecule has 1 saturated heterocycles. The minimum absolute atomic E-state index is 0.183. The molecule has 0 radical (unpaired) electrons. The molecule has 3 rings (SSSR count). The monoisotopic (exact) mass is 314 g/mol. The van der Waals surface area contributed by atoms with Crippen molar-refractivity contribution in [3.8, 4) is 0 Å². The second-order valence-corrected chi connectivity index (χ2v) is 7.47. The molecule has 0 aromatic heterocycles. The summed E-state index contributed by atoms with van der Waals surface area (Å²) in [5, 5.41) is 6.96. The van der Waals surface area contributed by atoms with E-state index in [0.717, 1.165) is 12.8 Å². The number of halogens is 1. The number of hydrogen-bond donors (Lipinski definition) is 2. The van der Waals surface area contributed by atoms with Gasteiger partial charge in [0.25, 0.3) is 0 Å². The molecule has 0 spiro atoms. The lowest BCUT2D eigenvalue weighted by atomic mass is 9.79. The Labute approximate surface area is 118 Å². The molecule has 3 fully saturated rings. The molecule has 3 aliphatic rings. The molecule has 18 heavy (non-hydrogen) atoms. The number of hydrogen-bond acceptors (Lipinski definition) is 2. The van der Waals surface area contributed by atoms with Crippen molar-refractivity contribution < 1.29 is 4.79 Å². The third kappa shape index (κ3) is 2.60. The van der Waals surface area contributed by atoms with Crippen molar-refractivity contribution in [2.45, 2.75) is 68.4 Å². The zero-order chi connectivity index (χ0) is 12.5. The highest BCUT2D eigenvalue weighted by atomic mass is 79.9. The van der Waals surface area contributed by atoms with Gasteiger partial charge in [-0.25, -0.2) is 0 Å². The predicted molar refractivity (Wildman–Crippen MR) is 75.5 cm³/mol. The summed E-state index contributed by atoms with van der Waals surface area (Å²) in [6.07, 6.45) is 10.1. The van der Waals surface area contributed by atoms with Gasteiger partial charge in [0.15, 0.2) is 0 Å². The summed E-state index contributed by atoms with van der Waals surface area (Å²) in [5.41, 5.74) is 0. The average Bonchev–Trinajstić information content (AvgIpc) is 2.40. The van der Waals surface area contributed by atoms with E-state index in [1.807, 2.05) is 0 Å². The van der Waals surface area contributed by atoms with Crippen molar-refractivity contribution in [1.29, 1.82) is 0 Å². The zero-order valence-corrected chi connectivity index (χ0v) is 12.4. The van der Waals surface area contributed by atoms with Gasteiger partial charge in [0.1, 0.15) is 0 Å². The summed E-state index contributed by atoms with van der Waals surface area (Å²) in [4.78, 5) is 12.8. The van der Waals surface area contributed by atoms with Crippen LogP contribution in [-0.2, 0) is 4.79 Å². The Morgan fingerprint density at radius 2 is 1.83 bits per heavy atom. The van der Waals surface area contributed by atoms with Crippen LogP contribution in [0.5, 0.6) is 0 Å². The number of amides is 1. The molecule has 4 atom stereocenters. The van der Waals surface area contributed by atoms with Crippen molar-refractivity contribution in [3.63, 3.8) is 0 Å². The van der Waals surface area contributed by atoms with Crippen molar-refractivity contribution in [2.75, 3.05) is 0 Å². The van der Waals surface area contributed by atoms with Gasteiger partial charge in [-0.15, -0.1) is 0 Å². The van der Waals surface area contributed by atoms with Gasteiger partial charge in [0.2, 0.25) is 5.91 Å². The van der Waals surface area contributed by atoms with Gasteiger partial charge in [-0.2, -0.15) is 0 Å². The SMILES string of the molecule is O=C1NC(C2CCCCC2)NC2CCC(Br)CC12. The average molecular weight is 315 g/mol. The highest BCUT2D eigenvalue weighted by molar-refractivity contribution is 9.09. The molecule has 102 valence electrons. The quantitative estimate of drug-likeness (QED) is 0.730. The molecule has 2 N–H and O–H groups in total. The van der Waals surface area contributed by atoms with Crippen LogP contribution >= 0.6 is 15.9 Å². The van der Waals surface area contributed by atoms with Crippen LogP contribution in [0.3, 0.4) is 0 Å². The number of nitrogens with one attached hydrogen (secondary N) is 2.